The van der Waals surface area contributed by atoms with Crippen LogP contribution in [0.15, 0.2) is 29.2 Å². The summed E-state index contributed by atoms with van der Waals surface area (Å²) in [5, 5.41) is 3.40. The molecule has 2 rings (SSSR count). The average molecular weight is 296 g/mol. The van der Waals surface area contributed by atoms with Crippen LogP contribution in [0.25, 0.3) is 0 Å². The minimum Gasteiger partial charge on any atom is -0.384 e. The summed E-state index contributed by atoms with van der Waals surface area (Å²) >= 11 is 0. The highest BCUT2D eigenvalue weighted by Crippen LogP contribution is 2.48. The first-order chi connectivity index (χ1) is 9.51. The fourth-order valence-electron chi connectivity index (χ4n) is 2.19. The van der Waals surface area contributed by atoms with Crippen LogP contribution in [0.4, 0.5) is 5.69 Å². The highest BCUT2D eigenvalue weighted by atomic mass is 32.2. The molecule has 1 aliphatic carbocycles. The van der Waals surface area contributed by atoms with E-state index < -0.39 is 10.0 Å². The first kappa shape index (κ1) is 15.3. The van der Waals surface area contributed by atoms with Crippen molar-refractivity contribution in [2.45, 2.75) is 44.4 Å². The van der Waals surface area contributed by atoms with Crippen molar-refractivity contribution in [2.24, 2.45) is 5.41 Å². The molecule has 0 unspecified atom stereocenters. The minimum absolute atomic E-state index is 0.327. The maximum absolute atomic E-state index is 11.9. The SMILES string of the molecule is CCCNS(=O)(=O)c1ccc(NCC2(CC)CC2)cc1. The van der Waals surface area contributed by atoms with Gasteiger partial charge in [-0.2, -0.15) is 0 Å². The smallest absolute Gasteiger partial charge is 0.240 e. The zero-order valence-electron chi connectivity index (χ0n) is 12.3. The molecular formula is C15H24N2O2S. The predicted molar refractivity (Wildman–Crippen MR) is 82.4 cm³/mol. The fourth-order valence-corrected chi connectivity index (χ4v) is 3.33. The lowest BCUT2D eigenvalue weighted by Gasteiger charge is -2.14. The Morgan fingerprint density at radius 3 is 2.30 bits per heavy atom. The van der Waals surface area contributed by atoms with Crippen molar-refractivity contribution in [1.29, 1.82) is 0 Å². The molecule has 0 amide bonds. The zero-order valence-corrected chi connectivity index (χ0v) is 13.1. The molecule has 1 aromatic rings. The summed E-state index contributed by atoms with van der Waals surface area (Å²) in [7, 11) is -3.35. The van der Waals surface area contributed by atoms with Crippen LogP contribution in [0.3, 0.4) is 0 Å². The van der Waals surface area contributed by atoms with Gasteiger partial charge in [0, 0.05) is 18.8 Å². The molecule has 0 spiro atoms. The third kappa shape index (κ3) is 3.73. The number of benzene rings is 1. The number of sulfonamides is 1. The molecule has 1 fully saturated rings. The molecule has 0 aliphatic heterocycles. The van der Waals surface area contributed by atoms with E-state index in [1.54, 1.807) is 12.1 Å². The molecule has 0 aromatic heterocycles. The predicted octanol–water partition coefficient (Wildman–Crippen LogP) is 2.98. The maximum Gasteiger partial charge on any atom is 0.240 e. The van der Waals surface area contributed by atoms with Crippen LogP contribution in [0, 0.1) is 5.41 Å². The summed E-state index contributed by atoms with van der Waals surface area (Å²) < 4.78 is 26.5. The summed E-state index contributed by atoms with van der Waals surface area (Å²) in [4.78, 5) is 0.327. The number of nitrogens with one attached hydrogen (secondary N) is 2. The van der Waals surface area contributed by atoms with Crippen molar-refractivity contribution < 1.29 is 8.42 Å². The molecule has 0 saturated heterocycles. The Morgan fingerprint density at radius 2 is 1.80 bits per heavy atom. The Bertz CT molecular complexity index is 533. The minimum atomic E-state index is -3.35. The van der Waals surface area contributed by atoms with E-state index >= 15 is 0 Å². The molecule has 20 heavy (non-hydrogen) atoms. The summed E-state index contributed by atoms with van der Waals surface area (Å²) in [5.41, 5.74) is 1.46. The van der Waals surface area contributed by atoms with Gasteiger partial charge in [0.05, 0.1) is 4.90 Å². The van der Waals surface area contributed by atoms with Gasteiger partial charge in [0.15, 0.2) is 0 Å². The second-order valence-electron chi connectivity index (χ2n) is 5.63. The van der Waals surface area contributed by atoms with Gasteiger partial charge in [0.25, 0.3) is 0 Å². The van der Waals surface area contributed by atoms with Gasteiger partial charge in [-0.15, -0.1) is 0 Å². The molecule has 1 aliphatic rings. The van der Waals surface area contributed by atoms with E-state index in [9.17, 15) is 8.42 Å². The topological polar surface area (TPSA) is 58.2 Å². The normalized spacial score (nSPS) is 16.9. The van der Waals surface area contributed by atoms with E-state index in [-0.39, 0.29) is 0 Å². The summed E-state index contributed by atoms with van der Waals surface area (Å²) in [6.45, 7) is 5.62. The number of anilines is 1. The van der Waals surface area contributed by atoms with Gasteiger partial charge in [-0.3, -0.25) is 0 Å². The molecule has 0 radical (unpaired) electrons. The zero-order chi connectivity index (χ0) is 14.6. The van der Waals surface area contributed by atoms with Crippen LogP contribution in [-0.4, -0.2) is 21.5 Å². The van der Waals surface area contributed by atoms with Crippen LogP contribution in [0.2, 0.25) is 0 Å². The van der Waals surface area contributed by atoms with Crippen molar-refractivity contribution in [3.8, 4) is 0 Å². The molecule has 112 valence electrons. The van der Waals surface area contributed by atoms with E-state index in [4.69, 9.17) is 0 Å². The van der Waals surface area contributed by atoms with Crippen molar-refractivity contribution in [3.05, 3.63) is 24.3 Å². The Morgan fingerprint density at radius 1 is 1.15 bits per heavy atom. The Hall–Kier alpha value is -1.07. The lowest BCUT2D eigenvalue weighted by molar-refractivity contribution is 0.521. The third-order valence-electron chi connectivity index (χ3n) is 4.08. The molecule has 0 heterocycles. The third-order valence-corrected chi connectivity index (χ3v) is 5.56. The van der Waals surface area contributed by atoms with Gasteiger partial charge >= 0.3 is 0 Å². The van der Waals surface area contributed by atoms with Gasteiger partial charge in [0.1, 0.15) is 0 Å². The Kier molecular flexibility index (Phi) is 4.70. The second kappa shape index (κ2) is 6.14. The van der Waals surface area contributed by atoms with Crippen molar-refractivity contribution >= 4 is 15.7 Å². The standard InChI is InChI=1S/C15H24N2O2S/c1-3-11-17-20(18,19)14-7-5-13(6-8-14)16-12-15(4-2)9-10-15/h5-8,16-17H,3-4,9-12H2,1-2H3. The Labute approximate surface area is 122 Å². The summed E-state index contributed by atoms with van der Waals surface area (Å²) in [5.74, 6) is 0. The largest absolute Gasteiger partial charge is 0.384 e. The quantitative estimate of drug-likeness (QED) is 0.775. The maximum atomic E-state index is 11.9. The van der Waals surface area contributed by atoms with Crippen molar-refractivity contribution in [3.63, 3.8) is 0 Å². The lowest BCUT2D eigenvalue weighted by atomic mass is 10.0. The van der Waals surface area contributed by atoms with Crippen molar-refractivity contribution in [1.82, 2.24) is 4.72 Å². The van der Waals surface area contributed by atoms with E-state index in [1.165, 1.54) is 19.3 Å². The van der Waals surface area contributed by atoms with Gasteiger partial charge in [-0.1, -0.05) is 13.8 Å². The number of rotatable bonds is 8. The molecule has 1 aromatic carbocycles. The van der Waals surface area contributed by atoms with Gasteiger partial charge in [-0.05, 0) is 55.4 Å². The molecule has 0 bridgehead atoms. The van der Waals surface area contributed by atoms with Gasteiger partial charge in [-0.25, -0.2) is 13.1 Å². The van der Waals surface area contributed by atoms with Crippen LogP contribution in [0.5, 0.6) is 0 Å². The average Bonchev–Trinajstić information content (AvgIpc) is 3.24. The highest BCUT2D eigenvalue weighted by molar-refractivity contribution is 7.89. The lowest BCUT2D eigenvalue weighted by Crippen LogP contribution is -2.24. The summed E-state index contributed by atoms with van der Waals surface area (Å²) in [6.07, 6.45) is 4.58. The monoisotopic (exact) mass is 296 g/mol. The molecule has 1 saturated carbocycles. The second-order valence-corrected chi connectivity index (χ2v) is 7.40. The highest BCUT2D eigenvalue weighted by Gasteiger charge is 2.40. The fraction of sp³-hybridized carbons (Fsp3) is 0.600. The van der Waals surface area contributed by atoms with Crippen molar-refractivity contribution in [2.75, 3.05) is 18.4 Å². The van der Waals surface area contributed by atoms with E-state index in [0.717, 1.165) is 18.7 Å². The number of hydrogen-bond donors (Lipinski definition) is 2. The van der Waals surface area contributed by atoms with Crippen LogP contribution in [0.1, 0.15) is 39.5 Å². The van der Waals surface area contributed by atoms with E-state index in [2.05, 4.69) is 17.0 Å². The molecule has 4 nitrogen and oxygen atoms in total. The van der Waals surface area contributed by atoms with Gasteiger partial charge < -0.3 is 5.32 Å². The van der Waals surface area contributed by atoms with Crippen LogP contribution < -0.4 is 10.0 Å². The van der Waals surface area contributed by atoms with E-state index in [1.807, 2.05) is 19.1 Å². The number of hydrogen-bond acceptors (Lipinski definition) is 3. The first-order valence-corrected chi connectivity index (χ1v) is 8.83. The molecular weight excluding hydrogens is 272 g/mol. The molecule has 0 atom stereocenters. The first-order valence-electron chi connectivity index (χ1n) is 7.35. The van der Waals surface area contributed by atoms with Crippen LogP contribution >= 0.6 is 0 Å². The molecule has 2 N–H and O–H groups in total. The summed E-state index contributed by atoms with van der Waals surface area (Å²) in [6, 6.07) is 7.00. The van der Waals surface area contributed by atoms with E-state index in [0.29, 0.717) is 16.9 Å². The van der Waals surface area contributed by atoms with Gasteiger partial charge in [0.2, 0.25) is 10.0 Å². The Balaban J connectivity index is 1.96. The van der Waals surface area contributed by atoms with Crippen LogP contribution in [-0.2, 0) is 10.0 Å². The molecule has 5 heteroatoms.